The first-order chi connectivity index (χ1) is 9.65. The Morgan fingerprint density at radius 2 is 2.10 bits per heavy atom. The van der Waals surface area contributed by atoms with Gasteiger partial charge < -0.3 is 15.7 Å². The van der Waals surface area contributed by atoms with Crippen LogP contribution in [0.2, 0.25) is 0 Å². The number of aromatic nitrogens is 3. The number of carbonyl (C=O) groups is 2. The average molecular weight is 281 g/mol. The van der Waals surface area contributed by atoms with E-state index in [0.29, 0.717) is 19.6 Å². The van der Waals surface area contributed by atoms with Crippen molar-refractivity contribution in [2.45, 2.75) is 32.2 Å². The number of carboxylic acids is 1. The van der Waals surface area contributed by atoms with Gasteiger partial charge in [-0.2, -0.15) is 0 Å². The first kappa shape index (κ1) is 14.3. The monoisotopic (exact) mass is 281 g/mol. The van der Waals surface area contributed by atoms with Gasteiger partial charge in [-0.3, -0.25) is 0 Å². The van der Waals surface area contributed by atoms with E-state index in [1.54, 1.807) is 0 Å². The van der Waals surface area contributed by atoms with Crippen molar-refractivity contribution < 1.29 is 14.7 Å². The maximum atomic E-state index is 11.5. The SMILES string of the molecule is O=C(NCCC1CCC1)NCCn1cc(C(=O)O)nn1. The van der Waals surface area contributed by atoms with Crippen LogP contribution < -0.4 is 10.6 Å². The fourth-order valence-electron chi connectivity index (χ4n) is 2.02. The number of rotatable bonds is 7. The zero-order valence-corrected chi connectivity index (χ0v) is 11.2. The van der Waals surface area contributed by atoms with Crippen molar-refractivity contribution in [1.29, 1.82) is 0 Å². The second-order valence-corrected chi connectivity index (χ2v) is 4.94. The molecular weight excluding hydrogens is 262 g/mol. The quantitative estimate of drug-likeness (QED) is 0.673. The molecule has 1 aromatic heterocycles. The molecule has 1 fully saturated rings. The number of carbonyl (C=O) groups excluding carboxylic acids is 1. The van der Waals surface area contributed by atoms with Crippen molar-refractivity contribution in [2.24, 2.45) is 5.92 Å². The van der Waals surface area contributed by atoms with Crippen LogP contribution in [0.1, 0.15) is 36.2 Å². The summed E-state index contributed by atoms with van der Waals surface area (Å²) in [6.07, 6.45) is 6.24. The predicted octanol–water partition coefficient (Wildman–Crippen LogP) is 0.466. The van der Waals surface area contributed by atoms with Gasteiger partial charge in [-0.25, -0.2) is 14.3 Å². The summed E-state index contributed by atoms with van der Waals surface area (Å²) in [4.78, 5) is 22.1. The molecule has 1 saturated carbocycles. The van der Waals surface area contributed by atoms with Gasteiger partial charge in [0.1, 0.15) is 0 Å². The Kier molecular flexibility index (Phi) is 4.91. The summed E-state index contributed by atoms with van der Waals surface area (Å²) < 4.78 is 1.39. The van der Waals surface area contributed by atoms with Crippen molar-refractivity contribution in [2.75, 3.05) is 13.1 Å². The Labute approximate surface area is 116 Å². The molecule has 0 radical (unpaired) electrons. The van der Waals surface area contributed by atoms with Crippen molar-refractivity contribution in [3.63, 3.8) is 0 Å². The van der Waals surface area contributed by atoms with Crippen molar-refractivity contribution in [1.82, 2.24) is 25.6 Å². The Hall–Kier alpha value is -2.12. The van der Waals surface area contributed by atoms with Gasteiger partial charge in [0.25, 0.3) is 0 Å². The van der Waals surface area contributed by atoms with Crippen LogP contribution in [0.3, 0.4) is 0 Å². The van der Waals surface area contributed by atoms with Crippen LogP contribution in [0.5, 0.6) is 0 Å². The second kappa shape index (κ2) is 6.88. The lowest BCUT2D eigenvalue weighted by molar-refractivity contribution is 0.0690. The third-order valence-corrected chi connectivity index (χ3v) is 3.45. The molecule has 110 valence electrons. The fraction of sp³-hybridized carbons (Fsp3) is 0.667. The number of nitrogens with one attached hydrogen (secondary N) is 2. The Morgan fingerprint density at radius 1 is 1.35 bits per heavy atom. The van der Waals surface area contributed by atoms with E-state index in [9.17, 15) is 9.59 Å². The molecule has 0 atom stereocenters. The summed E-state index contributed by atoms with van der Waals surface area (Å²) in [5.74, 6) is -0.335. The van der Waals surface area contributed by atoms with Gasteiger partial charge in [0.2, 0.25) is 0 Å². The summed E-state index contributed by atoms with van der Waals surface area (Å²) in [5.41, 5.74) is -0.102. The summed E-state index contributed by atoms with van der Waals surface area (Å²) >= 11 is 0. The van der Waals surface area contributed by atoms with Crippen LogP contribution in [0, 0.1) is 5.92 Å². The van der Waals surface area contributed by atoms with E-state index in [0.717, 1.165) is 12.3 Å². The number of carboxylic acid groups (broad SMARTS) is 1. The van der Waals surface area contributed by atoms with E-state index in [-0.39, 0.29) is 11.7 Å². The van der Waals surface area contributed by atoms with Gasteiger partial charge >= 0.3 is 12.0 Å². The van der Waals surface area contributed by atoms with Crippen LogP contribution in [-0.4, -0.2) is 45.2 Å². The highest BCUT2D eigenvalue weighted by atomic mass is 16.4. The molecule has 1 aliphatic rings. The molecular formula is C12H19N5O3. The Balaban J connectivity index is 1.56. The van der Waals surface area contributed by atoms with E-state index < -0.39 is 5.97 Å². The Bertz CT molecular complexity index is 469. The lowest BCUT2D eigenvalue weighted by Gasteiger charge is -2.25. The van der Waals surface area contributed by atoms with E-state index in [4.69, 9.17) is 5.11 Å². The number of hydrogen-bond donors (Lipinski definition) is 3. The maximum Gasteiger partial charge on any atom is 0.358 e. The number of nitrogens with zero attached hydrogens (tertiary/aromatic N) is 3. The number of urea groups is 1. The largest absolute Gasteiger partial charge is 0.476 e. The molecule has 0 spiro atoms. The summed E-state index contributed by atoms with van der Waals surface area (Å²) in [7, 11) is 0. The molecule has 0 unspecified atom stereocenters. The topological polar surface area (TPSA) is 109 Å². The van der Waals surface area contributed by atoms with E-state index in [1.165, 1.54) is 30.1 Å². The molecule has 1 aromatic rings. The van der Waals surface area contributed by atoms with Crippen molar-refractivity contribution in [3.8, 4) is 0 Å². The van der Waals surface area contributed by atoms with E-state index in [1.807, 2.05) is 0 Å². The van der Waals surface area contributed by atoms with Gasteiger partial charge in [-0.05, 0) is 12.3 Å². The maximum absolute atomic E-state index is 11.5. The highest BCUT2D eigenvalue weighted by Gasteiger charge is 2.16. The van der Waals surface area contributed by atoms with Crippen LogP contribution in [0.15, 0.2) is 6.20 Å². The number of hydrogen-bond acceptors (Lipinski definition) is 4. The van der Waals surface area contributed by atoms with Crippen LogP contribution in [0.25, 0.3) is 0 Å². The highest BCUT2D eigenvalue weighted by molar-refractivity contribution is 5.84. The minimum Gasteiger partial charge on any atom is -0.476 e. The van der Waals surface area contributed by atoms with E-state index in [2.05, 4.69) is 20.9 Å². The molecule has 2 amide bonds. The van der Waals surface area contributed by atoms with Gasteiger partial charge in [0, 0.05) is 13.1 Å². The van der Waals surface area contributed by atoms with Gasteiger partial charge in [0.15, 0.2) is 5.69 Å². The molecule has 2 rings (SSSR count). The summed E-state index contributed by atoms with van der Waals surface area (Å²) in [5, 5.41) is 21.3. The first-order valence-corrected chi connectivity index (χ1v) is 6.80. The minimum absolute atomic E-state index is 0.102. The van der Waals surface area contributed by atoms with E-state index >= 15 is 0 Å². The Morgan fingerprint density at radius 3 is 2.70 bits per heavy atom. The summed E-state index contributed by atoms with van der Waals surface area (Å²) in [6.45, 7) is 1.46. The fourth-order valence-corrected chi connectivity index (χ4v) is 2.02. The summed E-state index contributed by atoms with van der Waals surface area (Å²) in [6, 6.07) is -0.206. The lowest BCUT2D eigenvalue weighted by atomic mass is 9.83. The highest BCUT2D eigenvalue weighted by Crippen LogP contribution is 2.28. The molecule has 1 aliphatic carbocycles. The minimum atomic E-state index is -1.11. The molecule has 0 bridgehead atoms. The zero-order valence-electron chi connectivity index (χ0n) is 11.2. The van der Waals surface area contributed by atoms with Crippen LogP contribution in [-0.2, 0) is 6.54 Å². The second-order valence-electron chi connectivity index (χ2n) is 4.94. The molecule has 0 aromatic carbocycles. The van der Waals surface area contributed by atoms with Crippen molar-refractivity contribution >= 4 is 12.0 Å². The normalized spacial score (nSPS) is 14.6. The smallest absolute Gasteiger partial charge is 0.358 e. The molecule has 8 heteroatoms. The average Bonchev–Trinajstić information content (AvgIpc) is 2.81. The molecule has 8 nitrogen and oxygen atoms in total. The van der Waals surface area contributed by atoms with Gasteiger partial charge in [0.05, 0.1) is 12.7 Å². The number of amides is 2. The molecule has 0 aliphatic heterocycles. The van der Waals surface area contributed by atoms with Crippen LogP contribution in [0.4, 0.5) is 4.79 Å². The number of aromatic carboxylic acids is 1. The molecule has 3 N–H and O–H groups in total. The van der Waals surface area contributed by atoms with Crippen molar-refractivity contribution in [3.05, 3.63) is 11.9 Å². The lowest BCUT2D eigenvalue weighted by Crippen LogP contribution is -2.38. The molecule has 0 saturated heterocycles. The third kappa shape index (κ3) is 4.22. The molecule has 20 heavy (non-hydrogen) atoms. The van der Waals surface area contributed by atoms with Gasteiger partial charge in [-0.1, -0.05) is 24.5 Å². The zero-order chi connectivity index (χ0) is 14.4. The third-order valence-electron chi connectivity index (χ3n) is 3.45. The predicted molar refractivity (Wildman–Crippen MR) is 70.3 cm³/mol. The van der Waals surface area contributed by atoms with Crippen LogP contribution >= 0.6 is 0 Å². The van der Waals surface area contributed by atoms with Gasteiger partial charge in [-0.15, -0.1) is 5.10 Å². The standard InChI is InChI=1S/C12H19N5O3/c18-11(19)10-8-17(16-15-10)7-6-14-12(20)13-5-4-9-2-1-3-9/h8-9H,1-7H2,(H,18,19)(H2,13,14,20). The molecule has 1 heterocycles. The first-order valence-electron chi connectivity index (χ1n) is 6.80.